The van der Waals surface area contributed by atoms with E-state index in [0.717, 1.165) is 16.8 Å². The number of carboxylic acid groups (broad SMARTS) is 1. The predicted molar refractivity (Wildman–Crippen MR) is 101 cm³/mol. The summed E-state index contributed by atoms with van der Waals surface area (Å²) >= 11 is 0. The molecule has 0 spiro atoms. The Kier molecular flexibility index (Phi) is 5.71. The zero-order valence-electron chi connectivity index (χ0n) is 14.9. The summed E-state index contributed by atoms with van der Waals surface area (Å²) in [5.74, 6) is -1.36. The number of H-pyrrole nitrogens is 1. The number of carbonyl (C=O) groups is 2. The van der Waals surface area contributed by atoms with Gasteiger partial charge in [-0.1, -0.05) is 30.3 Å². The minimum absolute atomic E-state index is 0.0164. The molecule has 0 bridgehead atoms. The molecule has 1 aromatic heterocycles. The molecule has 3 rings (SSSR count). The Bertz CT molecular complexity index is 934. The fourth-order valence-corrected chi connectivity index (χ4v) is 2.86. The van der Waals surface area contributed by atoms with Crippen molar-refractivity contribution in [3.8, 4) is 5.75 Å². The van der Waals surface area contributed by atoms with Gasteiger partial charge in [0.05, 0.1) is 18.0 Å². The van der Waals surface area contributed by atoms with E-state index in [9.17, 15) is 14.7 Å². The lowest BCUT2D eigenvalue weighted by atomic mass is 9.99. The van der Waals surface area contributed by atoms with Crippen LogP contribution in [0.4, 0.5) is 0 Å². The number of carbonyl (C=O) groups excluding carboxylic acids is 1. The quantitative estimate of drug-likeness (QED) is 0.568. The van der Waals surface area contributed by atoms with Gasteiger partial charge in [-0.25, -0.2) is 0 Å². The molecule has 3 N–H and O–H groups in total. The average molecular weight is 367 g/mol. The first-order chi connectivity index (χ1) is 13.1. The highest BCUT2D eigenvalue weighted by Gasteiger charge is 2.21. The van der Waals surface area contributed by atoms with Gasteiger partial charge in [0.15, 0.2) is 5.69 Å². The van der Waals surface area contributed by atoms with Gasteiger partial charge in [0.25, 0.3) is 5.91 Å². The highest BCUT2D eigenvalue weighted by Crippen LogP contribution is 2.17. The fraction of sp³-hybridized carbons (Fsp3) is 0.250. The summed E-state index contributed by atoms with van der Waals surface area (Å²) in [6, 6.07) is 14.6. The number of benzene rings is 2. The summed E-state index contributed by atoms with van der Waals surface area (Å²) < 4.78 is 5.39. The number of para-hydroxylation sites is 1. The Morgan fingerprint density at radius 1 is 1.19 bits per heavy atom. The predicted octanol–water partition coefficient (Wildman–Crippen LogP) is 2.63. The van der Waals surface area contributed by atoms with Crippen LogP contribution in [0.3, 0.4) is 0 Å². The van der Waals surface area contributed by atoms with Crippen LogP contribution in [0.2, 0.25) is 0 Å². The zero-order valence-corrected chi connectivity index (χ0v) is 14.9. The van der Waals surface area contributed by atoms with Crippen LogP contribution in [-0.4, -0.2) is 40.3 Å². The minimum Gasteiger partial charge on any atom is -0.494 e. The maximum absolute atomic E-state index is 12.4. The molecule has 0 aliphatic heterocycles. The first kappa shape index (κ1) is 18.4. The molecule has 2 aromatic carbocycles. The van der Waals surface area contributed by atoms with Gasteiger partial charge >= 0.3 is 5.97 Å². The second kappa shape index (κ2) is 8.35. The van der Waals surface area contributed by atoms with Gasteiger partial charge < -0.3 is 15.2 Å². The van der Waals surface area contributed by atoms with Crippen molar-refractivity contribution >= 4 is 22.8 Å². The average Bonchev–Trinajstić information content (AvgIpc) is 3.10. The van der Waals surface area contributed by atoms with Crippen molar-refractivity contribution in [1.29, 1.82) is 0 Å². The highest BCUT2D eigenvalue weighted by atomic mass is 16.5. The molecule has 7 heteroatoms. The molecule has 27 heavy (non-hydrogen) atoms. The van der Waals surface area contributed by atoms with E-state index in [1.54, 1.807) is 6.07 Å². The first-order valence-electron chi connectivity index (χ1n) is 8.74. The molecule has 1 unspecified atom stereocenters. The Hall–Kier alpha value is -3.35. The third kappa shape index (κ3) is 4.44. The Balaban J connectivity index is 1.64. The summed E-state index contributed by atoms with van der Waals surface area (Å²) in [6.07, 6.45) is 0.309. The van der Waals surface area contributed by atoms with Crippen molar-refractivity contribution < 1.29 is 19.4 Å². The van der Waals surface area contributed by atoms with E-state index >= 15 is 0 Å². The lowest BCUT2D eigenvalue weighted by Gasteiger charge is -2.13. The van der Waals surface area contributed by atoms with Crippen molar-refractivity contribution in [3.63, 3.8) is 0 Å². The third-order valence-electron chi connectivity index (χ3n) is 4.26. The van der Waals surface area contributed by atoms with Gasteiger partial charge in [0.2, 0.25) is 0 Å². The Morgan fingerprint density at radius 2 is 1.93 bits per heavy atom. The van der Waals surface area contributed by atoms with Gasteiger partial charge in [0, 0.05) is 11.9 Å². The largest absolute Gasteiger partial charge is 0.494 e. The smallest absolute Gasteiger partial charge is 0.308 e. The highest BCUT2D eigenvalue weighted by molar-refractivity contribution is 6.04. The summed E-state index contributed by atoms with van der Waals surface area (Å²) in [5.41, 5.74) is 1.88. The zero-order chi connectivity index (χ0) is 19.2. The molecule has 3 aromatic rings. The van der Waals surface area contributed by atoms with E-state index in [1.807, 2.05) is 49.4 Å². The summed E-state index contributed by atoms with van der Waals surface area (Å²) in [4.78, 5) is 24.0. The monoisotopic (exact) mass is 367 g/mol. The number of amides is 1. The normalized spacial score (nSPS) is 11.9. The second-order valence-corrected chi connectivity index (χ2v) is 6.14. The van der Waals surface area contributed by atoms with Crippen molar-refractivity contribution in [1.82, 2.24) is 15.5 Å². The Labute approximate surface area is 156 Å². The molecule has 1 heterocycles. The summed E-state index contributed by atoms with van der Waals surface area (Å²) in [6.45, 7) is 2.49. The van der Waals surface area contributed by atoms with Crippen LogP contribution in [0.5, 0.6) is 5.75 Å². The van der Waals surface area contributed by atoms with Crippen LogP contribution < -0.4 is 10.1 Å². The molecule has 140 valence electrons. The number of ether oxygens (including phenoxy) is 1. The van der Waals surface area contributed by atoms with E-state index in [2.05, 4.69) is 15.5 Å². The van der Waals surface area contributed by atoms with E-state index in [1.165, 1.54) is 0 Å². The van der Waals surface area contributed by atoms with E-state index in [-0.39, 0.29) is 12.2 Å². The number of rotatable bonds is 8. The number of nitrogens with one attached hydrogen (secondary N) is 2. The summed E-state index contributed by atoms with van der Waals surface area (Å²) in [7, 11) is 0. The van der Waals surface area contributed by atoms with E-state index in [4.69, 9.17) is 4.74 Å². The SMILES string of the molecule is CCOc1ccc(CC(CNC(=O)c2n[nH]c3ccccc23)C(=O)O)cc1. The summed E-state index contributed by atoms with van der Waals surface area (Å²) in [5, 5.41) is 19.7. The van der Waals surface area contributed by atoms with Crippen LogP contribution >= 0.6 is 0 Å². The molecule has 1 atom stereocenters. The number of aromatic nitrogens is 2. The molecule has 0 saturated carbocycles. The van der Waals surface area contributed by atoms with Crippen molar-refractivity contribution in [3.05, 3.63) is 59.8 Å². The van der Waals surface area contributed by atoms with E-state index < -0.39 is 17.8 Å². The number of hydrogen-bond acceptors (Lipinski definition) is 4. The van der Waals surface area contributed by atoms with Crippen LogP contribution in [0.1, 0.15) is 23.0 Å². The lowest BCUT2D eigenvalue weighted by Crippen LogP contribution is -2.34. The first-order valence-corrected chi connectivity index (χ1v) is 8.74. The third-order valence-corrected chi connectivity index (χ3v) is 4.26. The number of hydrogen-bond donors (Lipinski definition) is 3. The van der Waals surface area contributed by atoms with Gasteiger partial charge in [-0.15, -0.1) is 0 Å². The number of aromatic amines is 1. The topological polar surface area (TPSA) is 104 Å². The van der Waals surface area contributed by atoms with Crippen LogP contribution in [0.25, 0.3) is 10.9 Å². The van der Waals surface area contributed by atoms with E-state index in [0.29, 0.717) is 18.4 Å². The molecular formula is C20H21N3O4. The van der Waals surface area contributed by atoms with Gasteiger partial charge in [-0.3, -0.25) is 14.7 Å². The van der Waals surface area contributed by atoms with Crippen LogP contribution in [0.15, 0.2) is 48.5 Å². The second-order valence-electron chi connectivity index (χ2n) is 6.14. The van der Waals surface area contributed by atoms with Crippen molar-refractivity contribution in [2.75, 3.05) is 13.2 Å². The number of nitrogens with zero attached hydrogens (tertiary/aromatic N) is 1. The molecule has 0 saturated heterocycles. The molecular weight excluding hydrogens is 346 g/mol. The maximum Gasteiger partial charge on any atom is 0.308 e. The molecule has 0 radical (unpaired) electrons. The van der Waals surface area contributed by atoms with Gasteiger partial charge in [-0.2, -0.15) is 5.10 Å². The molecule has 1 amide bonds. The molecule has 7 nitrogen and oxygen atoms in total. The standard InChI is InChI=1S/C20H21N3O4/c1-2-27-15-9-7-13(8-10-15)11-14(20(25)26)12-21-19(24)18-16-5-3-4-6-17(16)22-23-18/h3-10,14H,2,11-12H2,1H3,(H,21,24)(H,22,23)(H,25,26). The maximum atomic E-state index is 12.4. The number of aliphatic carboxylic acids is 1. The minimum atomic E-state index is -0.962. The van der Waals surface area contributed by atoms with Gasteiger partial charge in [-0.05, 0) is 37.1 Å². The van der Waals surface area contributed by atoms with Gasteiger partial charge in [0.1, 0.15) is 5.75 Å². The molecule has 0 aliphatic rings. The number of fused-ring (bicyclic) bond motifs is 1. The number of carboxylic acids is 1. The molecule has 0 fully saturated rings. The van der Waals surface area contributed by atoms with Crippen LogP contribution in [0, 0.1) is 5.92 Å². The van der Waals surface area contributed by atoms with Crippen LogP contribution in [-0.2, 0) is 11.2 Å². The molecule has 0 aliphatic carbocycles. The lowest BCUT2D eigenvalue weighted by molar-refractivity contribution is -0.141. The van der Waals surface area contributed by atoms with Crippen molar-refractivity contribution in [2.24, 2.45) is 5.92 Å². The van der Waals surface area contributed by atoms with Crippen molar-refractivity contribution in [2.45, 2.75) is 13.3 Å². The fourth-order valence-electron chi connectivity index (χ4n) is 2.86. The Morgan fingerprint density at radius 3 is 2.63 bits per heavy atom.